The average molecular weight is 905 g/mol. The van der Waals surface area contributed by atoms with E-state index >= 15 is 0 Å². The van der Waals surface area contributed by atoms with E-state index in [1.54, 1.807) is 4.90 Å². The quantitative estimate of drug-likeness (QED) is 0.111. The van der Waals surface area contributed by atoms with E-state index in [2.05, 4.69) is 76.1 Å². The number of aromatic amines is 2. The first-order chi connectivity index (χ1) is 32.4. The molecule has 7 aromatic rings. The predicted molar refractivity (Wildman–Crippen MR) is 249 cm³/mol. The van der Waals surface area contributed by atoms with Crippen molar-refractivity contribution in [1.29, 1.82) is 0 Å². The van der Waals surface area contributed by atoms with Gasteiger partial charge >= 0.3 is 12.2 Å². The molecule has 5 heterocycles. The van der Waals surface area contributed by atoms with E-state index in [0.29, 0.717) is 42.9 Å². The van der Waals surface area contributed by atoms with Crippen LogP contribution < -0.4 is 10.6 Å². The molecule has 11 rings (SSSR count). The van der Waals surface area contributed by atoms with Crippen LogP contribution in [0.3, 0.4) is 0 Å². The minimum absolute atomic E-state index is 0.0623. The number of likely N-dealkylation sites (tertiary alicyclic amines) is 2. The minimum atomic E-state index is -0.955. The summed E-state index contributed by atoms with van der Waals surface area (Å²) in [5, 5.41) is 9.51. The molecule has 1 aliphatic carbocycles. The van der Waals surface area contributed by atoms with E-state index in [4.69, 9.17) is 28.9 Å². The third-order valence-corrected chi connectivity index (χ3v) is 14.5. The van der Waals surface area contributed by atoms with Gasteiger partial charge in [0, 0.05) is 23.2 Å². The molecule has 4 N–H and O–H groups in total. The van der Waals surface area contributed by atoms with Gasteiger partial charge in [0.05, 0.1) is 68.1 Å². The van der Waals surface area contributed by atoms with Crippen molar-refractivity contribution in [2.75, 3.05) is 34.0 Å². The molecule has 67 heavy (non-hydrogen) atoms. The molecule has 0 radical (unpaired) electrons. The summed E-state index contributed by atoms with van der Waals surface area (Å²) < 4.78 is 22.0. The molecule has 344 valence electrons. The van der Waals surface area contributed by atoms with Crippen LogP contribution in [0.5, 0.6) is 0 Å². The number of hydrogen-bond donors (Lipinski definition) is 4. The van der Waals surface area contributed by atoms with Gasteiger partial charge in [0.2, 0.25) is 5.91 Å². The normalized spacial score (nSPS) is 22.7. The van der Waals surface area contributed by atoms with E-state index in [-0.39, 0.29) is 36.4 Å². The second kappa shape index (κ2) is 16.4. The molecular weight excluding hydrogens is 853 g/mol. The fraction of sp³-hybridized carbons (Fsp3) is 0.373. The number of carbonyl (C=O) groups excluding carboxylic acids is 4. The van der Waals surface area contributed by atoms with Gasteiger partial charge in [0.1, 0.15) is 23.7 Å². The molecule has 16 nitrogen and oxygen atoms in total. The van der Waals surface area contributed by atoms with Gasteiger partial charge in [-0.3, -0.25) is 9.59 Å². The number of H-pyrrole nitrogens is 2. The number of carbonyl (C=O) groups is 4. The van der Waals surface area contributed by atoms with Crippen LogP contribution in [-0.4, -0.2) is 106 Å². The van der Waals surface area contributed by atoms with Gasteiger partial charge in [0.15, 0.2) is 5.79 Å². The molecule has 3 aliphatic heterocycles. The molecule has 4 amide bonds. The summed E-state index contributed by atoms with van der Waals surface area (Å²) in [4.78, 5) is 74.5. The van der Waals surface area contributed by atoms with Crippen molar-refractivity contribution >= 4 is 67.6 Å². The Morgan fingerprint density at radius 3 is 1.91 bits per heavy atom. The van der Waals surface area contributed by atoms with E-state index in [0.717, 1.165) is 67.0 Å². The summed E-state index contributed by atoms with van der Waals surface area (Å²) in [5.41, 5.74) is 6.11. The lowest BCUT2D eigenvalue weighted by molar-refractivity contribution is -0.153. The number of alkyl carbamates (subject to hydrolysis) is 2. The first-order valence-electron chi connectivity index (χ1n) is 22.9. The van der Waals surface area contributed by atoms with Crippen LogP contribution in [0.2, 0.25) is 0 Å². The number of aromatic nitrogens is 4. The predicted octanol–water partition coefficient (Wildman–Crippen LogP) is 7.81. The average Bonchev–Trinajstić information content (AvgIpc) is 4.07. The van der Waals surface area contributed by atoms with Crippen LogP contribution in [0.25, 0.3) is 54.7 Å². The number of benzene rings is 5. The zero-order valence-electron chi connectivity index (χ0n) is 37.9. The third kappa shape index (κ3) is 7.29. The Morgan fingerprint density at radius 1 is 0.746 bits per heavy atom. The summed E-state index contributed by atoms with van der Waals surface area (Å²) in [6.07, 6.45) is -0.166. The Hall–Kier alpha value is -7.04. The summed E-state index contributed by atoms with van der Waals surface area (Å²) in [6.45, 7) is 7.00. The third-order valence-electron chi connectivity index (χ3n) is 14.5. The number of hydrogen-bond acceptors (Lipinski definition) is 10. The molecule has 0 bridgehead atoms. The van der Waals surface area contributed by atoms with E-state index in [9.17, 15) is 19.2 Å². The SMILES string of the molecule is COC(=O)NC(C(=O)N1CC2(C[C@H]1c1nc3c(ccc4cc(-c5ccc6c(ccc7[nH]c([C@@H]8CC9C(C)C9N8C(=O)[C@H](NC(=O)OC)c8ccccc8)nc76)c5)ccc43)[nH]1)OCCO2)C(C)C. The maximum absolute atomic E-state index is 14.5. The molecular formula is C51H52N8O8. The van der Waals surface area contributed by atoms with Gasteiger partial charge in [0.25, 0.3) is 5.91 Å². The Balaban J connectivity index is 0.878. The van der Waals surface area contributed by atoms with Crippen LogP contribution in [0.15, 0.2) is 91.0 Å². The summed E-state index contributed by atoms with van der Waals surface area (Å²) in [7, 11) is 2.57. The van der Waals surface area contributed by atoms with Crippen molar-refractivity contribution in [1.82, 2.24) is 40.4 Å². The van der Waals surface area contributed by atoms with Crippen LogP contribution in [0.1, 0.15) is 69.0 Å². The zero-order chi connectivity index (χ0) is 46.3. The van der Waals surface area contributed by atoms with Crippen molar-refractivity contribution in [3.8, 4) is 11.1 Å². The standard InChI is InChI=1S/C51H52N8O8/c1-26(2)40(56-49(62)64-4)47(60)58-25-51(66-19-20-67-51)24-39(58)46-53-37-18-14-32-22-30(12-16-34(32)43(37)55-46)29-11-15-33-31(21-29)13-17-36-42(33)54-45(52-36)38-23-35-27(3)44(35)59(38)48(61)41(57-50(63)65-5)28-9-7-6-8-10-28/h6-18,21-22,26-27,35,38-41,44H,19-20,23-25H2,1-5H3,(H,52,54)(H,53,55)(H,56,62)(H,57,63)/t27?,35?,38-,39-,40?,41+,44?/m0/s1. The van der Waals surface area contributed by atoms with Gasteiger partial charge in [-0.25, -0.2) is 19.6 Å². The topological polar surface area (TPSA) is 193 Å². The van der Waals surface area contributed by atoms with Crippen molar-refractivity contribution in [3.05, 3.63) is 108 Å². The lowest BCUT2D eigenvalue weighted by Gasteiger charge is -2.31. The summed E-state index contributed by atoms with van der Waals surface area (Å²) >= 11 is 0. The molecule has 1 saturated carbocycles. The van der Waals surface area contributed by atoms with Gasteiger partial charge in [-0.2, -0.15) is 0 Å². The second-order valence-electron chi connectivity index (χ2n) is 18.7. The van der Waals surface area contributed by atoms with Crippen LogP contribution in [0.4, 0.5) is 9.59 Å². The Bertz CT molecular complexity index is 3110. The monoisotopic (exact) mass is 904 g/mol. The highest BCUT2D eigenvalue weighted by Crippen LogP contribution is 2.58. The highest BCUT2D eigenvalue weighted by molar-refractivity contribution is 6.07. The summed E-state index contributed by atoms with van der Waals surface area (Å²) in [6, 6.07) is 27.8. The smallest absolute Gasteiger partial charge is 0.407 e. The fourth-order valence-corrected chi connectivity index (χ4v) is 10.9. The minimum Gasteiger partial charge on any atom is -0.453 e. The van der Waals surface area contributed by atoms with Crippen molar-refractivity contribution < 1.29 is 38.1 Å². The fourth-order valence-electron chi connectivity index (χ4n) is 10.9. The number of amides is 4. The Labute approximate surface area is 385 Å². The molecule has 4 unspecified atom stereocenters. The van der Waals surface area contributed by atoms with Gasteiger partial charge < -0.3 is 49.3 Å². The van der Waals surface area contributed by atoms with Crippen LogP contribution in [-0.2, 0) is 28.5 Å². The lowest BCUT2D eigenvalue weighted by Crippen LogP contribution is -2.52. The lowest BCUT2D eigenvalue weighted by atomic mass is 9.98. The number of nitrogens with zero attached hydrogens (tertiary/aromatic N) is 4. The highest BCUT2D eigenvalue weighted by Gasteiger charge is 2.61. The molecule has 2 aromatic heterocycles. The molecule has 1 spiro atoms. The Morgan fingerprint density at radius 2 is 1.33 bits per heavy atom. The molecule has 4 aliphatic rings. The van der Waals surface area contributed by atoms with Crippen molar-refractivity contribution in [3.63, 3.8) is 0 Å². The number of piperidine rings is 1. The maximum Gasteiger partial charge on any atom is 0.407 e. The zero-order valence-corrected chi connectivity index (χ0v) is 37.9. The molecule has 3 saturated heterocycles. The molecule has 7 atom stereocenters. The second-order valence-corrected chi connectivity index (χ2v) is 18.7. The van der Waals surface area contributed by atoms with Gasteiger partial charge in [-0.15, -0.1) is 0 Å². The number of methoxy groups -OCH3 is 2. The Kier molecular flexibility index (Phi) is 10.4. The first-order valence-corrected chi connectivity index (χ1v) is 22.9. The first kappa shape index (κ1) is 42.6. The number of nitrogens with one attached hydrogen (secondary N) is 4. The van der Waals surface area contributed by atoms with E-state index < -0.39 is 36.1 Å². The van der Waals surface area contributed by atoms with E-state index in [1.807, 2.05) is 61.2 Å². The molecule has 16 heteroatoms. The molecule has 4 fully saturated rings. The van der Waals surface area contributed by atoms with Crippen molar-refractivity contribution in [2.45, 2.75) is 69.6 Å². The summed E-state index contributed by atoms with van der Waals surface area (Å²) in [5.74, 6) is 0.452. The van der Waals surface area contributed by atoms with Crippen LogP contribution >= 0.6 is 0 Å². The number of ether oxygens (including phenoxy) is 4. The van der Waals surface area contributed by atoms with Crippen molar-refractivity contribution in [2.24, 2.45) is 17.8 Å². The van der Waals surface area contributed by atoms with E-state index in [1.165, 1.54) is 14.2 Å². The number of rotatable bonds is 9. The van der Waals surface area contributed by atoms with Gasteiger partial charge in [-0.1, -0.05) is 87.5 Å². The number of fused-ring (bicyclic) bond motifs is 7. The van der Waals surface area contributed by atoms with Crippen LogP contribution in [0, 0.1) is 17.8 Å². The molecule has 5 aromatic carbocycles. The maximum atomic E-state index is 14.5. The largest absolute Gasteiger partial charge is 0.453 e. The number of imidazole rings is 2. The highest BCUT2D eigenvalue weighted by atomic mass is 16.7. The van der Waals surface area contributed by atoms with Gasteiger partial charge in [-0.05, 0) is 75.9 Å².